The Kier molecular flexibility index (Phi) is 4.72. The van der Waals surface area contributed by atoms with Gasteiger partial charge in [-0.05, 0) is 25.1 Å². The maximum absolute atomic E-state index is 10.4. The van der Waals surface area contributed by atoms with Crippen molar-refractivity contribution in [2.45, 2.75) is 6.92 Å². The molecule has 5 heteroatoms. The van der Waals surface area contributed by atoms with Crippen LogP contribution in [0.25, 0.3) is 6.08 Å². The van der Waals surface area contributed by atoms with Crippen molar-refractivity contribution in [1.29, 1.82) is 0 Å². The van der Waals surface area contributed by atoms with Gasteiger partial charge < -0.3 is 9.84 Å². The first-order chi connectivity index (χ1) is 7.99. The number of carboxylic acids is 1. The van der Waals surface area contributed by atoms with Gasteiger partial charge in [-0.25, -0.2) is 9.78 Å². The van der Waals surface area contributed by atoms with Gasteiger partial charge in [-0.2, -0.15) is 0 Å². The van der Waals surface area contributed by atoms with E-state index in [0.29, 0.717) is 16.5 Å². The molecule has 0 bridgehead atoms. The molecule has 0 fully saturated rings. The van der Waals surface area contributed by atoms with Crippen LogP contribution < -0.4 is 4.74 Å². The Morgan fingerprint density at radius 1 is 1.65 bits per heavy atom. The molecule has 90 valence electrons. The molecule has 0 aliphatic rings. The fourth-order valence-corrected chi connectivity index (χ4v) is 1.17. The predicted molar refractivity (Wildman–Crippen MR) is 66.1 cm³/mol. The van der Waals surface area contributed by atoms with Gasteiger partial charge in [-0.15, -0.1) is 0 Å². The summed E-state index contributed by atoms with van der Waals surface area (Å²) >= 11 is 5.59. The largest absolute Gasteiger partial charge is 0.486 e. The zero-order chi connectivity index (χ0) is 12.8. The second-order valence-electron chi connectivity index (χ2n) is 3.31. The molecule has 1 rings (SSSR count). The van der Waals surface area contributed by atoms with Gasteiger partial charge in [0.2, 0.25) is 0 Å². The van der Waals surface area contributed by atoms with E-state index in [0.717, 1.165) is 11.8 Å². The van der Waals surface area contributed by atoms with Gasteiger partial charge in [-0.1, -0.05) is 18.2 Å². The van der Waals surface area contributed by atoms with Crippen LogP contribution in [-0.2, 0) is 4.79 Å². The van der Waals surface area contributed by atoms with Crippen LogP contribution in [0, 0.1) is 6.92 Å². The highest BCUT2D eigenvalue weighted by molar-refractivity contribution is 6.29. The topological polar surface area (TPSA) is 59.4 Å². The molecule has 0 spiro atoms. The molecular formula is C12H12ClNO3. The Morgan fingerprint density at radius 3 is 2.94 bits per heavy atom. The van der Waals surface area contributed by atoms with Gasteiger partial charge in [0.05, 0.1) is 0 Å². The minimum absolute atomic E-state index is 0.153. The molecule has 0 saturated heterocycles. The number of carboxylic acid groups (broad SMARTS) is 1. The van der Waals surface area contributed by atoms with E-state index in [2.05, 4.69) is 11.6 Å². The van der Waals surface area contributed by atoms with Gasteiger partial charge in [-0.3, -0.25) is 0 Å². The summed E-state index contributed by atoms with van der Waals surface area (Å²) in [6.45, 7) is 5.46. The average Bonchev–Trinajstić information content (AvgIpc) is 2.24. The second-order valence-corrected chi connectivity index (χ2v) is 3.85. The summed E-state index contributed by atoms with van der Waals surface area (Å²) in [5, 5.41) is 8.92. The van der Waals surface area contributed by atoms with Crippen LogP contribution in [0.15, 0.2) is 29.8 Å². The van der Waals surface area contributed by atoms with E-state index in [1.54, 1.807) is 12.1 Å². The van der Waals surface area contributed by atoms with E-state index in [9.17, 15) is 4.79 Å². The van der Waals surface area contributed by atoms with E-state index in [-0.39, 0.29) is 6.61 Å². The van der Waals surface area contributed by atoms with E-state index >= 15 is 0 Å². The second kappa shape index (κ2) is 6.06. The smallest absolute Gasteiger partial charge is 0.328 e. The van der Waals surface area contributed by atoms with E-state index < -0.39 is 5.97 Å². The van der Waals surface area contributed by atoms with Gasteiger partial charge in [0, 0.05) is 16.8 Å². The number of aliphatic carboxylic acids is 1. The van der Waals surface area contributed by atoms with Gasteiger partial charge in [0.1, 0.15) is 18.1 Å². The minimum Gasteiger partial charge on any atom is -0.486 e. The van der Waals surface area contributed by atoms with Gasteiger partial charge in [0.15, 0.2) is 0 Å². The van der Waals surface area contributed by atoms with Crippen LogP contribution in [0.5, 0.6) is 5.75 Å². The highest BCUT2D eigenvalue weighted by atomic mass is 35.5. The summed E-state index contributed by atoms with van der Waals surface area (Å²) in [6, 6.07) is 3.48. The van der Waals surface area contributed by atoms with E-state index in [1.165, 1.54) is 6.08 Å². The standard InChI is InChI=1S/C12H12ClNO3/c1-8(13)7-17-11-5-3-9(2)14-10(11)4-6-12(15)16/h3-6H,1,7H2,2H3,(H,15,16). The number of hydrogen-bond donors (Lipinski definition) is 1. The Morgan fingerprint density at radius 2 is 2.35 bits per heavy atom. The van der Waals surface area contributed by atoms with Crippen LogP contribution in [0.2, 0.25) is 0 Å². The quantitative estimate of drug-likeness (QED) is 0.820. The number of ether oxygens (including phenoxy) is 1. The number of hydrogen-bond acceptors (Lipinski definition) is 3. The van der Waals surface area contributed by atoms with Crippen molar-refractivity contribution in [2.75, 3.05) is 6.61 Å². The summed E-state index contributed by atoms with van der Waals surface area (Å²) in [5.41, 5.74) is 1.22. The molecule has 0 amide bonds. The first-order valence-electron chi connectivity index (χ1n) is 4.84. The van der Waals surface area contributed by atoms with Crippen molar-refractivity contribution in [3.63, 3.8) is 0 Å². The predicted octanol–water partition coefficient (Wildman–Crippen LogP) is 2.62. The average molecular weight is 254 g/mol. The van der Waals surface area contributed by atoms with Crippen LogP contribution in [0.4, 0.5) is 0 Å². The number of aryl methyl sites for hydroxylation is 1. The SMILES string of the molecule is C=C(Cl)COc1ccc(C)nc1C=CC(=O)O. The van der Waals surface area contributed by atoms with Crippen LogP contribution in [-0.4, -0.2) is 22.7 Å². The van der Waals surface area contributed by atoms with Crippen LogP contribution >= 0.6 is 11.6 Å². The van der Waals surface area contributed by atoms with Crippen molar-refractivity contribution < 1.29 is 14.6 Å². The number of nitrogens with zero attached hydrogens (tertiary/aromatic N) is 1. The molecule has 4 nitrogen and oxygen atoms in total. The van der Waals surface area contributed by atoms with Crippen LogP contribution in [0.3, 0.4) is 0 Å². The fraction of sp³-hybridized carbons (Fsp3) is 0.167. The molecule has 0 unspecified atom stereocenters. The monoisotopic (exact) mass is 253 g/mol. The van der Waals surface area contributed by atoms with Crippen molar-refractivity contribution >= 4 is 23.6 Å². The third-order valence-corrected chi connectivity index (χ3v) is 1.90. The van der Waals surface area contributed by atoms with Crippen molar-refractivity contribution in [3.05, 3.63) is 41.2 Å². The number of carbonyl (C=O) groups is 1. The van der Waals surface area contributed by atoms with E-state index in [4.69, 9.17) is 21.4 Å². The summed E-state index contributed by atoms with van der Waals surface area (Å²) in [4.78, 5) is 14.6. The Labute approximate surface area is 104 Å². The Hall–Kier alpha value is -1.81. The zero-order valence-corrected chi connectivity index (χ0v) is 10.1. The maximum Gasteiger partial charge on any atom is 0.328 e. The number of halogens is 1. The lowest BCUT2D eigenvalue weighted by atomic mass is 10.2. The highest BCUT2D eigenvalue weighted by Gasteiger charge is 2.04. The van der Waals surface area contributed by atoms with Crippen molar-refractivity contribution in [2.24, 2.45) is 0 Å². The lowest BCUT2D eigenvalue weighted by molar-refractivity contribution is -0.131. The number of aromatic nitrogens is 1. The lowest BCUT2D eigenvalue weighted by Crippen LogP contribution is -2.00. The third-order valence-electron chi connectivity index (χ3n) is 1.79. The molecular weight excluding hydrogens is 242 g/mol. The summed E-state index contributed by atoms with van der Waals surface area (Å²) in [5.74, 6) is -0.573. The molecule has 0 aromatic carbocycles. The molecule has 17 heavy (non-hydrogen) atoms. The zero-order valence-electron chi connectivity index (χ0n) is 9.31. The Bertz CT molecular complexity index is 469. The highest BCUT2D eigenvalue weighted by Crippen LogP contribution is 2.19. The van der Waals surface area contributed by atoms with Gasteiger partial charge in [0.25, 0.3) is 0 Å². The van der Waals surface area contributed by atoms with Crippen molar-refractivity contribution in [1.82, 2.24) is 4.98 Å². The molecule has 1 heterocycles. The Balaban J connectivity index is 2.95. The van der Waals surface area contributed by atoms with Gasteiger partial charge >= 0.3 is 5.97 Å². The molecule has 0 atom stereocenters. The number of pyridine rings is 1. The third kappa shape index (κ3) is 4.70. The number of rotatable bonds is 5. The lowest BCUT2D eigenvalue weighted by Gasteiger charge is -2.08. The molecule has 1 aromatic rings. The summed E-state index contributed by atoms with van der Waals surface area (Å²) in [7, 11) is 0. The fourth-order valence-electron chi connectivity index (χ4n) is 1.11. The molecule has 0 radical (unpaired) electrons. The normalized spacial score (nSPS) is 10.5. The summed E-state index contributed by atoms with van der Waals surface area (Å²) < 4.78 is 5.35. The first kappa shape index (κ1) is 13.3. The van der Waals surface area contributed by atoms with Crippen molar-refractivity contribution in [3.8, 4) is 5.75 Å². The molecule has 1 N–H and O–H groups in total. The maximum atomic E-state index is 10.4. The molecule has 0 aliphatic carbocycles. The van der Waals surface area contributed by atoms with E-state index in [1.807, 2.05) is 6.92 Å². The van der Waals surface area contributed by atoms with Crippen LogP contribution in [0.1, 0.15) is 11.4 Å². The first-order valence-corrected chi connectivity index (χ1v) is 5.21. The molecule has 0 aliphatic heterocycles. The minimum atomic E-state index is -1.04. The molecule has 1 aromatic heterocycles. The summed E-state index contributed by atoms with van der Waals surface area (Å²) in [6.07, 6.45) is 2.38. The molecule has 0 saturated carbocycles.